The van der Waals surface area contributed by atoms with Crippen molar-refractivity contribution in [2.75, 3.05) is 37.0 Å². The molecule has 0 saturated heterocycles. The zero-order valence-electron chi connectivity index (χ0n) is 19.9. The molecule has 0 bridgehead atoms. The van der Waals surface area contributed by atoms with Gasteiger partial charge in [-0.1, -0.05) is 41.0 Å². The van der Waals surface area contributed by atoms with Gasteiger partial charge in [0.1, 0.15) is 11.4 Å². The van der Waals surface area contributed by atoms with E-state index in [1.54, 1.807) is 29.8 Å². The molecule has 0 unspecified atom stereocenters. The Hall–Kier alpha value is -3.15. The molecule has 1 aliphatic carbocycles. The van der Waals surface area contributed by atoms with Gasteiger partial charge in [-0.3, -0.25) is 24.4 Å². The maximum absolute atomic E-state index is 13.0. The minimum absolute atomic E-state index is 0.0988. The van der Waals surface area contributed by atoms with E-state index in [-0.39, 0.29) is 18.4 Å². The normalized spacial score (nSPS) is 16.8. The van der Waals surface area contributed by atoms with E-state index in [4.69, 9.17) is 27.9 Å². The van der Waals surface area contributed by atoms with Crippen LogP contribution in [0.4, 0.5) is 10.9 Å². The number of aliphatic imine (C=N–C) groups is 1. The third-order valence-electron chi connectivity index (χ3n) is 6.66. The Kier molecular flexibility index (Phi) is 6.29. The van der Waals surface area contributed by atoms with Crippen molar-refractivity contribution >= 4 is 63.3 Å². The Morgan fingerprint density at radius 2 is 2.03 bits per heavy atom. The van der Waals surface area contributed by atoms with E-state index in [0.717, 1.165) is 23.3 Å². The summed E-state index contributed by atoms with van der Waals surface area (Å²) in [6, 6.07) is 5.24. The summed E-state index contributed by atoms with van der Waals surface area (Å²) in [7, 11) is 1.67. The van der Waals surface area contributed by atoms with Crippen molar-refractivity contribution in [1.82, 2.24) is 19.4 Å². The number of hydrogen-bond donors (Lipinski definition) is 1. The van der Waals surface area contributed by atoms with Crippen LogP contribution in [0.1, 0.15) is 29.8 Å². The lowest BCUT2D eigenvalue weighted by Gasteiger charge is -2.30. The first-order valence-electron chi connectivity index (χ1n) is 11.9. The molecule has 0 radical (unpaired) electrons. The highest BCUT2D eigenvalue weighted by atomic mass is 35.5. The monoisotopic (exact) mass is 559 g/mol. The smallest absolute Gasteiger partial charge is 0.280 e. The zero-order valence-corrected chi connectivity index (χ0v) is 22.2. The number of benzene rings is 1. The van der Waals surface area contributed by atoms with Crippen molar-refractivity contribution in [2.45, 2.75) is 25.8 Å². The summed E-state index contributed by atoms with van der Waals surface area (Å²) in [6.07, 6.45) is 5.00. The topological polar surface area (TPSA) is 105 Å². The van der Waals surface area contributed by atoms with Gasteiger partial charge in [0, 0.05) is 29.2 Å². The number of imidazole rings is 1. The minimum atomic E-state index is -0.341. The van der Waals surface area contributed by atoms with Gasteiger partial charge in [-0.05, 0) is 37.0 Å². The molecular formula is C24H23Cl2N7O3S. The van der Waals surface area contributed by atoms with Crippen LogP contribution in [-0.4, -0.2) is 64.0 Å². The zero-order chi connectivity index (χ0) is 25.7. The molecule has 3 aromatic rings. The van der Waals surface area contributed by atoms with Crippen LogP contribution in [-0.2, 0) is 11.3 Å². The highest BCUT2D eigenvalue weighted by Crippen LogP contribution is 2.41. The van der Waals surface area contributed by atoms with Crippen LogP contribution >= 0.6 is 34.5 Å². The first-order valence-corrected chi connectivity index (χ1v) is 13.5. The fourth-order valence-corrected chi connectivity index (χ4v) is 6.02. The molecule has 10 nitrogen and oxygen atoms in total. The third-order valence-corrected chi connectivity index (χ3v) is 8.10. The van der Waals surface area contributed by atoms with Gasteiger partial charge in [0.05, 0.1) is 19.5 Å². The SMILES string of the molecule is CN1C(=O)c2c(ncn2CC(=O)Nc2nc(OCC3CCC3)c(-c3cc(Cl)cc(Cl)c3)s2)N2CCN=C12. The number of rotatable bonds is 7. The standard InChI is InChI=1S/C24H23Cl2N7O3S/c1-31-22(35)18-20(33-6-5-27-24(31)33)28-12-32(18)10-17(34)29-23-30-21(36-11-13-3-2-4-13)19(37-23)14-7-15(25)9-16(26)8-14/h7-9,12-13H,2-6,10-11H2,1H3,(H,29,30,34). The number of halogens is 2. The number of ether oxygens (including phenoxy) is 1. The number of anilines is 2. The van der Waals surface area contributed by atoms with Crippen LogP contribution < -0.4 is 15.0 Å². The molecule has 192 valence electrons. The van der Waals surface area contributed by atoms with Crippen molar-refractivity contribution in [3.63, 3.8) is 0 Å². The van der Waals surface area contributed by atoms with Gasteiger partial charge in [0.2, 0.25) is 17.7 Å². The molecule has 4 heterocycles. The fraction of sp³-hybridized carbons (Fsp3) is 0.375. The van der Waals surface area contributed by atoms with Gasteiger partial charge in [0.25, 0.3) is 5.91 Å². The predicted octanol–water partition coefficient (Wildman–Crippen LogP) is 4.39. The molecule has 37 heavy (non-hydrogen) atoms. The van der Waals surface area contributed by atoms with Crippen LogP contribution in [0.2, 0.25) is 10.0 Å². The van der Waals surface area contributed by atoms with Gasteiger partial charge in [-0.2, -0.15) is 4.98 Å². The van der Waals surface area contributed by atoms with Crippen molar-refractivity contribution in [3.8, 4) is 16.3 Å². The third kappa shape index (κ3) is 4.55. The summed E-state index contributed by atoms with van der Waals surface area (Å²) in [6.45, 7) is 1.70. The molecule has 1 aromatic carbocycles. The number of hydrogen-bond acceptors (Lipinski definition) is 8. The molecule has 0 atom stereocenters. The fourth-order valence-electron chi connectivity index (χ4n) is 4.57. The number of thiazole rings is 1. The Morgan fingerprint density at radius 3 is 2.76 bits per heavy atom. The second kappa shape index (κ2) is 9.62. The number of fused-ring (bicyclic) bond motifs is 3. The van der Waals surface area contributed by atoms with E-state index in [1.165, 1.54) is 29.0 Å². The van der Waals surface area contributed by atoms with Crippen molar-refractivity contribution in [2.24, 2.45) is 10.9 Å². The predicted molar refractivity (Wildman–Crippen MR) is 143 cm³/mol. The summed E-state index contributed by atoms with van der Waals surface area (Å²) in [5, 5.41) is 4.22. The van der Waals surface area contributed by atoms with Gasteiger partial charge in [-0.25, -0.2) is 4.98 Å². The molecule has 1 N–H and O–H groups in total. The van der Waals surface area contributed by atoms with Gasteiger partial charge < -0.3 is 14.6 Å². The Morgan fingerprint density at radius 1 is 1.24 bits per heavy atom. The van der Waals surface area contributed by atoms with Crippen molar-refractivity contribution in [1.29, 1.82) is 0 Å². The van der Waals surface area contributed by atoms with Crippen LogP contribution in [0, 0.1) is 5.92 Å². The molecule has 2 aromatic heterocycles. The van der Waals surface area contributed by atoms with Crippen LogP contribution in [0.3, 0.4) is 0 Å². The quantitative estimate of drug-likeness (QED) is 0.460. The number of nitrogens with zero attached hydrogens (tertiary/aromatic N) is 6. The summed E-state index contributed by atoms with van der Waals surface area (Å²) >= 11 is 13.8. The molecule has 13 heteroatoms. The molecule has 2 aliphatic heterocycles. The van der Waals surface area contributed by atoms with Crippen molar-refractivity contribution in [3.05, 3.63) is 40.3 Å². The first-order chi connectivity index (χ1) is 17.9. The maximum atomic E-state index is 13.0. The maximum Gasteiger partial charge on any atom is 0.280 e. The number of carbonyl (C=O) groups is 2. The van der Waals surface area contributed by atoms with E-state index >= 15 is 0 Å². The summed E-state index contributed by atoms with van der Waals surface area (Å²) in [5.74, 6) is 1.46. The largest absolute Gasteiger partial charge is 0.476 e. The van der Waals surface area contributed by atoms with Crippen molar-refractivity contribution < 1.29 is 14.3 Å². The number of amides is 2. The summed E-state index contributed by atoms with van der Waals surface area (Å²) < 4.78 is 7.62. The molecular weight excluding hydrogens is 537 g/mol. The molecule has 1 saturated carbocycles. The Balaban J connectivity index is 1.23. The second-order valence-corrected chi connectivity index (χ2v) is 11.1. The number of nitrogens with one attached hydrogen (secondary N) is 1. The highest BCUT2D eigenvalue weighted by molar-refractivity contribution is 7.19. The Bertz CT molecular complexity index is 1410. The molecule has 2 amide bonds. The average Bonchev–Trinajstić information content (AvgIpc) is 3.54. The van der Waals surface area contributed by atoms with Gasteiger partial charge in [-0.15, -0.1) is 0 Å². The van der Waals surface area contributed by atoms with E-state index in [0.29, 0.717) is 64.1 Å². The first kappa shape index (κ1) is 24.2. The summed E-state index contributed by atoms with van der Waals surface area (Å²) in [5.41, 5.74) is 1.12. The van der Waals surface area contributed by atoms with Gasteiger partial charge >= 0.3 is 0 Å². The van der Waals surface area contributed by atoms with E-state index in [1.807, 2.05) is 4.90 Å². The molecule has 6 rings (SSSR count). The number of carbonyl (C=O) groups excluding carboxylic acids is 2. The lowest BCUT2D eigenvalue weighted by molar-refractivity contribution is -0.116. The van der Waals surface area contributed by atoms with E-state index in [9.17, 15) is 9.59 Å². The molecule has 1 fully saturated rings. The van der Waals surface area contributed by atoms with Crippen LogP contribution in [0.25, 0.3) is 10.4 Å². The molecule has 3 aliphatic rings. The highest BCUT2D eigenvalue weighted by Gasteiger charge is 2.39. The average molecular weight is 560 g/mol. The number of aromatic nitrogens is 3. The van der Waals surface area contributed by atoms with Crippen LogP contribution in [0.15, 0.2) is 29.5 Å². The van der Waals surface area contributed by atoms with E-state index < -0.39 is 0 Å². The number of guanidine groups is 1. The minimum Gasteiger partial charge on any atom is -0.476 e. The molecule has 0 spiro atoms. The second-order valence-electron chi connectivity index (χ2n) is 9.21. The van der Waals surface area contributed by atoms with Crippen LogP contribution in [0.5, 0.6) is 5.88 Å². The van der Waals surface area contributed by atoms with Gasteiger partial charge in [0.15, 0.2) is 16.6 Å². The lowest BCUT2D eigenvalue weighted by Crippen LogP contribution is -2.48. The lowest BCUT2D eigenvalue weighted by atomic mass is 9.86. The van der Waals surface area contributed by atoms with E-state index in [2.05, 4.69) is 20.3 Å². The summed E-state index contributed by atoms with van der Waals surface area (Å²) in [4.78, 5) is 43.4. The Labute approximate surface area is 226 Å².